The molecule has 1 saturated heterocycles. The Morgan fingerprint density at radius 1 is 0.917 bits per heavy atom. The van der Waals surface area contributed by atoms with Gasteiger partial charge in [0.2, 0.25) is 21.8 Å². The summed E-state index contributed by atoms with van der Waals surface area (Å²) >= 11 is 0. The molecule has 4 N–H and O–H groups in total. The first-order chi connectivity index (χ1) is 17.4. The summed E-state index contributed by atoms with van der Waals surface area (Å²) in [6, 6.07) is 16.3. The first kappa shape index (κ1) is 24.5. The Hall–Kier alpha value is -3.17. The lowest BCUT2D eigenvalue weighted by Gasteiger charge is -2.29. The van der Waals surface area contributed by atoms with Gasteiger partial charge in [0.15, 0.2) is 0 Å². The summed E-state index contributed by atoms with van der Waals surface area (Å²) in [5.74, 6) is -0.421. The lowest BCUT2D eigenvalue weighted by molar-refractivity contribution is -0.131. The van der Waals surface area contributed by atoms with Crippen LogP contribution in [-0.2, 0) is 19.6 Å². The second-order valence-electron chi connectivity index (χ2n) is 9.82. The summed E-state index contributed by atoms with van der Waals surface area (Å²) in [7, 11) is -3.70. The average Bonchev–Trinajstić information content (AvgIpc) is 3.22. The number of aromatic amines is 1. The molecule has 1 unspecified atom stereocenters. The maximum absolute atomic E-state index is 13.1. The van der Waals surface area contributed by atoms with Crippen LogP contribution < -0.4 is 15.4 Å². The SMILES string of the molecule is O=C(NC1CCCCNC1=O)C1CCC(NS(=O)(=O)c2ccc3cc(-c4ccccc4)[nH]c3c2)CC1. The zero-order chi connectivity index (χ0) is 25.1. The Bertz CT molecular complexity index is 1340. The molecule has 2 amide bonds. The van der Waals surface area contributed by atoms with Crippen LogP contribution in [0, 0.1) is 5.92 Å². The normalized spacial score (nSPS) is 23.1. The van der Waals surface area contributed by atoms with Gasteiger partial charge in [0, 0.05) is 35.1 Å². The molecule has 0 spiro atoms. The van der Waals surface area contributed by atoms with Gasteiger partial charge in [0.05, 0.1) is 4.90 Å². The van der Waals surface area contributed by atoms with E-state index in [0.717, 1.165) is 35.0 Å². The second-order valence-corrected chi connectivity index (χ2v) is 11.5. The van der Waals surface area contributed by atoms with Gasteiger partial charge in [0.1, 0.15) is 6.04 Å². The number of fused-ring (bicyclic) bond motifs is 1. The molecule has 1 atom stereocenters. The lowest BCUT2D eigenvalue weighted by Crippen LogP contribution is -2.48. The van der Waals surface area contributed by atoms with Gasteiger partial charge >= 0.3 is 0 Å². The molecule has 1 aliphatic carbocycles. The van der Waals surface area contributed by atoms with Crippen molar-refractivity contribution in [3.63, 3.8) is 0 Å². The first-order valence-electron chi connectivity index (χ1n) is 12.7. The topological polar surface area (TPSA) is 120 Å². The van der Waals surface area contributed by atoms with Gasteiger partial charge in [-0.3, -0.25) is 9.59 Å². The van der Waals surface area contributed by atoms with E-state index in [1.807, 2.05) is 42.5 Å². The number of carbonyl (C=O) groups excluding carboxylic acids is 2. The van der Waals surface area contributed by atoms with Crippen LogP contribution in [0.1, 0.15) is 44.9 Å². The highest BCUT2D eigenvalue weighted by Gasteiger charge is 2.31. The van der Waals surface area contributed by atoms with E-state index in [1.165, 1.54) is 0 Å². The van der Waals surface area contributed by atoms with E-state index in [0.29, 0.717) is 38.6 Å². The van der Waals surface area contributed by atoms with Crippen molar-refractivity contribution >= 4 is 32.7 Å². The third kappa shape index (κ3) is 5.47. The molecule has 3 aromatic rings. The highest BCUT2D eigenvalue weighted by atomic mass is 32.2. The van der Waals surface area contributed by atoms with Crippen LogP contribution in [0.4, 0.5) is 0 Å². The van der Waals surface area contributed by atoms with Gasteiger partial charge < -0.3 is 15.6 Å². The van der Waals surface area contributed by atoms with Gasteiger partial charge in [-0.2, -0.15) is 0 Å². The third-order valence-electron chi connectivity index (χ3n) is 7.26. The molecule has 36 heavy (non-hydrogen) atoms. The zero-order valence-electron chi connectivity index (χ0n) is 20.1. The first-order valence-corrected chi connectivity index (χ1v) is 14.2. The quantitative estimate of drug-likeness (QED) is 0.408. The molecule has 190 valence electrons. The molecule has 1 aromatic heterocycles. The molecule has 5 rings (SSSR count). The van der Waals surface area contributed by atoms with Crippen LogP contribution in [-0.4, -0.2) is 43.8 Å². The number of hydrogen-bond donors (Lipinski definition) is 4. The van der Waals surface area contributed by atoms with Crippen LogP contribution in [0.25, 0.3) is 22.2 Å². The van der Waals surface area contributed by atoms with Gasteiger partial charge in [0.25, 0.3) is 0 Å². The van der Waals surface area contributed by atoms with E-state index in [1.54, 1.807) is 12.1 Å². The Labute approximate surface area is 211 Å². The van der Waals surface area contributed by atoms with E-state index in [9.17, 15) is 18.0 Å². The highest BCUT2D eigenvalue weighted by molar-refractivity contribution is 7.89. The molecule has 1 aliphatic heterocycles. The predicted molar refractivity (Wildman–Crippen MR) is 139 cm³/mol. The monoisotopic (exact) mass is 508 g/mol. The minimum Gasteiger partial charge on any atom is -0.354 e. The van der Waals surface area contributed by atoms with Crippen LogP contribution in [0.5, 0.6) is 0 Å². The summed E-state index contributed by atoms with van der Waals surface area (Å²) in [4.78, 5) is 28.4. The number of aromatic nitrogens is 1. The van der Waals surface area contributed by atoms with Crippen molar-refractivity contribution in [1.82, 2.24) is 20.3 Å². The van der Waals surface area contributed by atoms with Gasteiger partial charge in [-0.05, 0) is 68.7 Å². The smallest absolute Gasteiger partial charge is 0.242 e. The maximum atomic E-state index is 13.1. The van der Waals surface area contributed by atoms with E-state index in [-0.39, 0.29) is 28.7 Å². The standard InChI is InChI=1S/C27H32N4O4S/c32-26(30-23-8-4-5-15-28-27(23)33)19-9-12-21(13-10-19)31-36(34,35)22-14-11-20-16-24(29-25(20)17-22)18-6-2-1-3-7-18/h1-3,6-7,11,14,16-17,19,21,23,29,31H,4-5,8-10,12-13,15H2,(H,28,33)(H,30,32). The fourth-order valence-electron chi connectivity index (χ4n) is 5.17. The van der Waals surface area contributed by atoms with Crippen molar-refractivity contribution < 1.29 is 18.0 Å². The Morgan fingerprint density at radius 3 is 2.47 bits per heavy atom. The molecular weight excluding hydrogens is 476 g/mol. The molecule has 2 fully saturated rings. The Kier molecular flexibility index (Phi) is 7.11. The van der Waals surface area contributed by atoms with Crippen molar-refractivity contribution in [3.05, 3.63) is 54.6 Å². The molecule has 2 aromatic carbocycles. The van der Waals surface area contributed by atoms with Crippen LogP contribution in [0.2, 0.25) is 0 Å². The molecule has 0 radical (unpaired) electrons. The molecule has 8 nitrogen and oxygen atoms in total. The van der Waals surface area contributed by atoms with Gasteiger partial charge in [-0.25, -0.2) is 13.1 Å². The maximum Gasteiger partial charge on any atom is 0.242 e. The fraction of sp³-hybridized carbons (Fsp3) is 0.407. The molecular formula is C27H32N4O4S. The van der Waals surface area contributed by atoms with Gasteiger partial charge in [-0.1, -0.05) is 36.4 Å². The van der Waals surface area contributed by atoms with E-state index in [2.05, 4.69) is 20.3 Å². The number of sulfonamides is 1. The number of rotatable bonds is 6. The molecule has 9 heteroatoms. The third-order valence-corrected chi connectivity index (χ3v) is 8.78. The summed E-state index contributed by atoms with van der Waals surface area (Å²) in [5.41, 5.74) is 2.74. The Balaban J connectivity index is 1.19. The van der Waals surface area contributed by atoms with Crippen LogP contribution in [0.3, 0.4) is 0 Å². The fourth-order valence-corrected chi connectivity index (χ4v) is 6.50. The van der Waals surface area contributed by atoms with Gasteiger partial charge in [-0.15, -0.1) is 0 Å². The molecule has 1 saturated carbocycles. The van der Waals surface area contributed by atoms with Crippen LogP contribution >= 0.6 is 0 Å². The zero-order valence-corrected chi connectivity index (χ0v) is 20.9. The van der Waals surface area contributed by atoms with Crippen molar-refractivity contribution in [1.29, 1.82) is 0 Å². The summed E-state index contributed by atoms with van der Waals surface area (Å²) < 4.78 is 29.1. The number of H-pyrrole nitrogens is 1. The predicted octanol–water partition coefficient (Wildman–Crippen LogP) is 3.46. The van der Waals surface area contributed by atoms with Crippen molar-refractivity contribution in [3.8, 4) is 11.3 Å². The molecule has 2 heterocycles. The molecule has 0 bridgehead atoms. The van der Waals surface area contributed by atoms with E-state index >= 15 is 0 Å². The number of benzene rings is 2. The second kappa shape index (κ2) is 10.4. The van der Waals surface area contributed by atoms with E-state index < -0.39 is 16.1 Å². The number of nitrogens with one attached hydrogen (secondary N) is 4. The van der Waals surface area contributed by atoms with E-state index in [4.69, 9.17) is 0 Å². The number of hydrogen-bond acceptors (Lipinski definition) is 4. The highest BCUT2D eigenvalue weighted by Crippen LogP contribution is 2.28. The summed E-state index contributed by atoms with van der Waals surface area (Å²) in [6.07, 6.45) is 4.82. The lowest BCUT2D eigenvalue weighted by atomic mass is 9.85. The van der Waals surface area contributed by atoms with Crippen molar-refractivity contribution in [2.24, 2.45) is 5.92 Å². The minimum atomic E-state index is -3.70. The minimum absolute atomic E-state index is 0.107. The molecule has 2 aliphatic rings. The average molecular weight is 509 g/mol. The largest absolute Gasteiger partial charge is 0.354 e. The van der Waals surface area contributed by atoms with Crippen molar-refractivity contribution in [2.45, 2.75) is 61.9 Å². The van der Waals surface area contributed by atoms with Crippen molar-refractivity contribution in [2.75, 3.05) is 6.54 Å². The number of carbonyl (C=O) groups is 2. The van der Waals surface area contributed by atoms with Crippen LogP contribution in [0.15, 0.2) is 59.5 Å². The Morgan fingerprint density at radius 2 is 1.69 bits per heavy atom. The summed E-state index contributed by atoms with van der Waals surface area (Å²) in [6.45, 7) is 0.654. The number of amides is 2. The summed E-state index contributed by atoms with van der Waals surface area (Å²) in [5, 5.41) is 6.69.